The molecule has 1 unspecified atom stereocenters. The number of fused-ring (bicyclic) bond motifs is 3. The lowest BCUT2D eigenvalue weighted by Crippen LogP contribution is -2.24. The van der Waals surface area contributed by atoms with Crippen LogP contribution >= 0.6 is 0 Å². The molecule has 0 saturated heterocycles. The normalized spacial score (nSPS) is 15.7. The first-order valence-electron chi connectivity index (χ1n) is 7.21. The Morgan fingerprint density at radius 3 is 2.70 bits per heavy atom. The number of aromatic carboxylic acids is 1. The molecule has 1 aliphatic rings. The zero-order valence-electron chi connectivity index (χ0n) is 13.0. The Labute approximate surface area is 132 Å². The molecule has 0 spiro atoms. The molecule has 0 bridgehead atoms. The molecule has 0 amide bonds. The molecule has 1 aliphatic carbocycles. The van der Waals surface area contributed by atoms with E-state index >= 15 is 0 Å². The van der Waals surface area contributed by atoms with Crippen LogP contribution in [0.1, 0.15) is 34.3 Å². The molecule has 0 aliphatic heterocycles. The second-order valence-corrected chi connectivity index (χ2v) is 5.95. The summed E-state index contributed by atoms with van der Waals surface area (Å²) in [6.07, 6.45) is 0.613. The summed E-state index contributed by atoms with van der Waals surface area (Å²) in [5.41, 5.74) is 0.906. The molecule has 2 heterocycles. The molecule has 0 radical (unpaired) electrons. The first-order chi connectivity index (χ1) is 10.8. The highest BCUT2D eigenvalue weighted by atomic mass is 16.4. The minimum atomic E-state index is -1.44. The number of carbonyl (C=O) groups is 1. The van der Waals surface area contributed by atoms with Gasteiger partial charge in [-0.3, -0.25) is 4.79 Å². The monoisotopic (exact) mass is 315 g/mol. The van der Waals surface area contributed by atoms with Crippen LogP contribution in [0.25, 0.3) is 11.4 Å². The van der Waals surface area contributed by atoms with Crippen molar-refractivity contribution in [3.8, 4) is 17.1 Å². The first kappa shape index (κ1) is 15.1. The highest BCUT2D eigenvalue weighted by Crippen LogP contribution is 2.42. The molecular weight excluding hydrogens is 298 g/mol. The molecular formula is C16H17N3O4. The van der Waals surface area contributed by atoms with Crippen molar-refractivity contribution in [2.24, 2.45) is 0 Å². The molecule has 2 aromatic rings. The number of anilines is 1. The Morgan fingerprint density at radius 2 is 2.09 bits per heavy atom. The minimum absolute atomic E-state index is 0.126. The summed E-state index contributed by atoms with van der Waals surface area (Å²) < 4.78 is 0. The average Bonchev–Trinajstić information content (AvgIpc) is 2.45. The van der Waals surface area contributed by atoms with Crippen LogP contribution in [0.2, 0.25) is 0 Å². The van der Waals surface area contributed by atoms with Crippen molar-refractivity contribution < 1.29 is 15.0 Å². The van der Waals surface area contributed by atoms with E-state index in [0.717, 1.165) is 5.56 Å². The van der Waals surface area contributed by atoms with Crippen molar-refractivity contribution >= 4 is 11.8 Å². The van der Waals surface area contributed by atoms with E-state index < -0.39 is 22.8 Å². The predicted molar refractivity (Wildman–Crippen MR) is 85.4 cm³/mol. The summed E-state index contributed by atoms with van der Waals surface area (Å²) in [6.45, 7) is 1.88. The van der Waals surface area contributed by atoms with Gasteiger partial charge in [0, 0.05) is 19.7 Å². The van der Waals surface area contributed by atoms with Crippen molar-refractivity contribution in [1.29, 1.82) is 0 Å². The van der Waals surface area contributed by atoms with E-state index in [1.165, 1.54) is 0 Å². The Morgan fingerprint density at radius 1 is 1.39 bits per heavy atom. The van der Waals surface area contributed by atoms with Gasteiger partial charge < -0.3 is 20.1 Å². The van der Waals surface area contributed by atoms with Crippen LogP contribution < -0.4 is 10.5 Å². The van der Waals surface area contributed by atoms with Crippen LogP contribution in [0.5, 0.6) is 5.75 Å². The van der Waals surface area contributed by atoms with Gasteiger partial charge in [0.1, 0.15) is 11.6 Å². The molecule has 0 saturated carbocycles. The molecule has 7 heteroatoms. The van der Waals surface area contributed by atoms with E-state index in [2.05, 4.69) is 9.97 Å². The molecule has 2 aromatic heterocycles. The van der Waals surface area contributed by atoms with Crippen LogP contribution in [-0.4, -0.2) is 40.2 Å². The summed E-state index contributed by atoms with van der Waals surface area (Å²) in [4.78, 5) is 32.2. The Hall–Kier alpha value is -2.83. The maximum Gasteiger partial charge on any atom is 0.345 e. The molecule has 7 nitrogen and oxygen atoms in total. The fourth-order valence-electron chi connectivity index (χ4n) is 3.01. The standard InChI is InChI=1S/C16H17N3O4/c1-7-6-8-4-5-9(19(2)3)17-12(8)13-10(7)14(20)11(16(22)23)15(21)18-13/h4-5,7H,6H2,1-3H3,(H,22,23)(H2,18,20,21). The number of aromatic nitrogens is 2. The fourth-order valence-corrected chi connectivity index (χ4v) is 3.01. The van der Waals surface area contributed by atoms with E-state index in [4.69, 9.17) is 5.11 Å². The molecule has 0 fully saturated rings. The van der Waals surface area contributed by atoms with Gasteiger partial charge in [0.05, 0.1) is 11.4 Å². The quantitative estimate of drug-likeness (QED) is 0.776. The molecule has 3 rings (SSSR count). The highest BCUT2D eigenvalue weighted by Gasteiger charge is 2.31. The average molecular weight is 315 g/mol. The number of H-pyrrole nitrogens is 1. The summed E-state index contributed by atoms with van der Waals surface area (Å²) in [7, 11) is 3.71. The summed E-state index contributed by atoms with van der Waals surface area (Å²) in [5.74, 6) is -1.32. The van der Waals surface area contributed by atoms with Gasteiger partial charge in [-0.2, -0.15) is 0 Å². The van der Waals surface area contributed by atoms with E-state index in [1.807, 2.05) is 38.1 Å². The van der Waals surface area contributed by atoms with Crippen LogP contribution in [0.15, 0.2) is 16.9 Å². The number of nitrogens with one attached hydrogen (secondary N) is 1. The summed E-state index contributed by atoms with van der Waals surface area (Å²) >= 11 is 0. The largest absolute Gasteiger partial charge is 0.506 e. The number of aromatic hydroxyl groups is 1. The van der Waals surface area contributed by atoms with Crippen molar-refractivity contribution in [3.63, 3.8) is 0 Å². The van der Waals surface area contributed by atoms with Gasteiger partial charge in [0.2, 0.25) is 0 Å². The molecule has 1 atom stereocenters. The fraction of sp³-hybridized carbons (Fsp3) is 0.312. The van der Waals surface area contributed by atoms with Gasteiger partial charge in [-0.25, -0.2) is 9.78 Å². The zero-order chi connectivity index (χ0) is 16.9. The lowest BCUT2D eigenvalue weighted by molar-refractivity contribution is 0.0691. The van der Waals surface area contributed by atoms with Gasteiger partial charge in [-0.05, 0) is 24.0 Å². The number of rotatable bonds is 2. The maximum atomic E-state index is 12.1. The second-order valence-electron chi connectivity index (χ2n) is 5.95. The van der Waals surface area contributed by atoms with Crippen molar-refractivity contribution in [3.05, 3.63) is 39.2 Å². The topological polar surface area (TPSA) is 107 Å². The lowest BCUT2D eigenvalue weighted by Gasteiger charge is -2.26. The number of carboxylic acid groups (broad SMARTS) is 1. The van der Waals surface area contributed by atoms with Gasteiger partial charge in [0.25, 0.3) is 5.56 Å². The van der Waals surface area contributed by atoms with Gasteiger partial charge in [-0.1, -0.05) is 13.0 Å². The SMILES string of the molecule is CC1Cc2ccc(N(C)C)nc2-c2[nH]c(=O)c(C(=O)O)c(O)c21. The van der Waals surface area contributed by atoms with Crippen molar-refractivity contribution in [2.75, 3.05) is 19.0 Å². The molecule has 120 valence electrons. The predicted octanol–water partition coefficient (Wildman–Crippen LogP) is 1.57. The van der Waals surface area contributed by atoms with Gasteiger partial charge in [-0.15, -0.1) is 0 Å². The number of hydrogen-bond donors (Lipinski definition) is 3. The third kappa shape index (κ3) is 2.25. The van der Waals surface area contributed by atoms with E-state index in [1.54, 1.807) is 0 Å². The van der Waals surface area contributed by atoms with Gasteiger partial charge >= 0.3 is 5.97 Å². The number of pyridine rings is 2. The van der Waals surface area contributed by atoms with E-state index in [-0.39, 0.29) is 5.92 Å². The van der Waals surface area contributed by atoms with Gasteiger partial charge in [0.15, 0.2) is 5.56 Å². The maximum absolute atomic E-state index is 12.1. The number of hydrogen-bond acceptors (Lipinski definition) is 5. The Balaban J connectivity index is 2.34. The number of nitrogens with zero attached hydrogens (tertiary/aromatic N) is 2. The Bertz CT molecular complexity index is 870. The summed E-state index contributed by atoms with van der Waals surface area (Å²) in [5, 5.41) is 19.5. The van der Waals surface area contributed by atoms with E-state index in [0.29, 0.717) is 29.2 Å². The zero-order valence-corrected chi connectivity index (χ0v) is 13.0. The van der Waals surface area contributed by atoms with Crippen molar-refractivity contribution in [1.82, 2.24) is 9.97 Å². The third-order valence-electron chi connectivity index (χ3n) is 4.12. The third-order valence-corrected chi connectivity index (χ3v) is 4.12. The molecule has 23 heavy (non-hydrogen) atoms. The first-order valence-corrected chi connectivity index (χ1v) is 7.21. The molecule has 0 aromatic carbocycles. The highest BCUT2D eigenvalue weighted by molar-refractivity contribution is 5.92. The van der Waals surface area contributed by atoms with Crippen LogP contribution in [0.3, 0.4) is 0 Å². The van der Waals surface area contributed by atoms with Crippen molar-refractivity contribution in [2.45, 2.75) is 19.3 Å². The number of aromatic amines is 1. The second kappa shape index (κ2) is 5.12. The van der Waals surface area contributed by atoms with Crippen LogP contribution in [0.4, 0.5) is 5.82 Å². The van der Waals surface area contributed by atoms with Crippen LogP contribution in [-0.2, 0) is 6.42 Å². The smallest absolute Gasteiger partial charge is 0.345 e. The number of carboxylic acids is 1. The summed E-state index contributed by atoms with van der Waals surface area (Å²) in [6, 6.07) is 3.83. The lowest BCUT2D eigenvalue weighted by atomic mass is 9.83. The van der Waals surface area contributed by atoms with E-state index in [9.17, 15) is 14.7 Å². The molecule has 3 N–H and O–H groups in total. The Kier molecular flexibility index (Phi) is 3.35. The minimum Gasteiger partial charge on any atom is -0.506 e. The van der Waals surface area contributed by atoms with Crippen LogP contribution in [0, 0.1) is 0 Å².